The number of benzene rings is 6. The lowest BCUT2D eigenvalue weighted by atomic mass is 9.59. The highest BCUT2D eigenvalue weighted by Crippen LogP contribution is 2.73. The van der Waals surface area contributed by atoms with Gasteiger partial charge < -0.3 is 4.90 Å². The molecule has 4 bridgehead atoms. The maximum absolute atomic E-state index is 2.69. The maximum Gasteiger partial charge on any atom is 0.0471 e. The van der Waals surface area contributed by atoms with E-state index in [-0.39, 0.29) is 21.7 Å². The van der Waals surface area contributed by atoms with Gasteiger partial charge in [-0.25, -0.2) is 0 Å². The molecule has 0 radical (unpaired) electrons. The van der Waals surface area contributed by atoms with Gasteiger partial charge in [-0.1, -0.05) is 146 Å². The molecule has 4 saturated carbocycles. The first kappa shape index (κ1) is 36.2. The third-order valence-corrected chi connectivity index (χ3v) is 16.1. The second-order valence-corrected chi connectivity index (χ2v) is 21.3. The molecule has 58 heavy (non-hydrogen) atoms. The predicted octanol–water partition coefficient (Wildman–Crippen LogP) is 15.5. The van der Waals surface area contributed by atoms with Crippen molar-refractivity contribution in [3.05, 3.63) is 161 Å². The van der Waals surface area contributed by atoms with E-state index >= 15 is 0 Å². The van der Waals surface area contributed by atoms with Crippen LogP contribution in [0, 0.1) is 23.7 Å². The molecule has 6 aromatic rings. The summed E-state index contributed by atoms with van der Waals surface area (Å²) in [6.45, 7) is 16.8. The van der Waals surface area contributed by atoms with Crippen molar-refractivity contribution in [2.75, 3.05) is 4.90 Å². The molecule has 6 aliphatic rings. The van der Waals surface area contributed by atoms with Gasteiger partial charge in [0, 0.05) is 22.5 Å². The topological polar surface area (TPSA) is 3.24 Å². The van der Waals surface area contributed by atoms with Crippen molar-refractivity contribution in [2.45, 2.75) is 109 Å². The van der Waals surface area contributed by atoms with Gasteiger partial charge >= 0.3 is 0 Å². The molecule has 0 N–H and O–H groups in total. The molecule has 5 atom stereocenters. The van der Waals surface area contributed by atoms with Crippen molar-refractivity contribution in [1.29, 1.82) is 0 Å². The smallest absolute Gasteiger partial charge is 0.0471 e. The second kappa shape index (κ2) is 12.6. The molecule has 0 saturated heterocycles. The van der Waals surface area contributed by atoms with Crippen LogP contribution in [0.2, 0.25) is 0 Å². The summed E-state index contributed by atoms with van der Waals surface area (Å²) in [5.41, 5.74) is 19.9. The summed E-state index contributed by atoms with van der Waals surface area (Å²) in [5, 5.41) is 0. The van der Waals surface area contributed by atoms with Crippen LogP contribution in [-0.2, 0) is 21.7 Å². The molecule has 6 aliphatic carbocycles. The number of rotatable bonds is 5. The highest BCUT2D eigenvalue weighted by Gasteiger charge is 2.66. The SMILES string of the molecule is CC(C)(C)c1ccc(-c2cc(N(c3ccc(-c4ccccc4)cc3)c3ccc4c(c3)C(C)(C)CCC4(C)C)cc3c2-c2ccccc2C32C3CC4CC(C3)C2C4)cc1. The summed E-state index contributed by atoms with van der Waals surface area (Å²) in [6, 6.07) is 52.2. The van der Waals surface area contributed by atoms with Crippen molar-refractivity contribution < 1.29 is 0 Å². The highest BCUT2D eigenvalue weighted by molar-refractivity contribution is 5.97. The van der Waals surface area contributed by atoms with Gasteiger partial charge in [-0.3, -0.25) is 0 Å². The predicted molar refractivity (Wildman–Crippen MR) is 245 cm³/mol. The standard InChI is InChI=1S/C57H59N/c1-54(2,3)41-21-17-39(18-22-41)47-33-45(35-52-53(47)46-15-11-12-16-48(46)57(52)42-30-36-29-40(32-42)50(57)31-36)58(43-23-19-38(20-24-43)37-13-9-8-10-14-37)44-25-26-49-51(34-44)56(6,7)28-27-55(49,4)5/h8-26,33-36,40,42,50H,27-32H2,1-7H3. The Labute approximate surface area is 347 Å². The first-order chi connectivity index (χ1) is 27.8. The molecule has 6 aromatic carbocycles. The molecule has 4 fully saturated rings. The number of hydrogen-bond donors (Lipinski definition) is 0. The van der Waals surface area contributed by atoms with Crippen LogP contribution in [0.25, 0.3) is 33.4 Å². The minimum absolute atomic E-state index is 0.0738. The molecule has 12 rings (SSSR count). The van der Waals surface area contributed by atoms with Crippen LogP contribution < -0.4 is 4.90 Å². The van der Waals surface area contributed by atoms with Crippen LogP contribution >= 0.6 is 0 Å². The largest absolute Gasteiger partial charge is 0.310 e. The van der Waals surface area contributed by atoms with Crippen LogP contribution in [0.1, 0.15) is 115 Å². The van der Waals surface area contributed by atoms with E-state index in [0.717, 1.165) is 17.8 Å². The Morgan fingerprint density at radius 3 is 1.86 bits per heavy atom. The van der Waals surface area contributed by atoms with Crippen LogP contribution in [0.5, 0.6) is 0 Å². The van der Waals surface area contributed by atoms with Gasteiger partial charge in [0.25, 0.3) is 0 Å². The molecule has 0 aliphatic heterocycles. The van der Waals surface area contributed by atoms with Crippen LogP contribution in [-0.4, -0.2) is 0 Å². The molecular weight excluding hydrogens is 699 g/mol. The molecule has 1 heteroatoms. The van der Waals surface area contributed by atoms with Gasteiger partial charge in [0.05, 0.1) is 0 Å². The zero-order valence-electron chi connectivity index (χ0n) is 35.7. The third-order valence-electron chi connectivity index (χ3n) is 16.1. The van der Waals surface area contributed by atoms with Crippen molar-refractivity contribution in [3.63, 3.8) is 0 Å². The third kappa shape index (κ3) is 5.27. The van der Waals surface area contributed by atoms with Crippen LogP contribution in [0.4, 0.5) is 17.1 Å². The quantitative estimate of drug-likeness (QED) is 0.169. The van der Waals surface area contributed by atoms with Gasteiger partial charge in [-0.15, -0.1) is 0 Å². The van der Waals surface area contributed by atoms with Gasteiger partial charge in [-0.2, -0.15) is 0 Å². The lowest BCUT2D eigenvalue weighted by Crippen LogP contribution is -2.40. The Bertz CT molecular complexity index is 2560. The Kier molecular flexibility index (Phi) is 7.85. The molecule has 5 unspecified atom stereocenters. The Morgan fingerprint density at radius 2 is 1.14 bits per heavy atom. The van der Waals surface area contributed by atoms with E-state index in [0.29, 0.717) is 5.92 Å². The first-order valence-electron chi connectivity index (χ1n) is 22.3. The summed E-state index contributed by atoms with van der Waals surface area (Å²) in [6.07, 6.45) is 7.99. The van der Waals surface area contributed by atoms with Gasteiger partial charge in [-0.05, 0) is 176 Å². The zero-order valence-corrected chi connectivity index (χ0v) is 35.7. The fourth-order valence-corrected chi connectivity index (χ4v) is 13.2. The first-order valence-corrected chi connectivity index (χ1v) is 22.3. The van der Waals surface area contributed by atoms with E-state index in [9.17, 15) is 0 Å². The number of hydrogen-bond acceptors (Lipinski definition) is 1. The highest BCUT2D eigenvalue weighted by atomic mass is 15.1. The van der Waals surface area contributed by atoms with Crippen molar-refractivity contribution in [2.24, 2.45) is 23.7 Å². The van der Waals surface area contributed by atoms with Crippen molar-refractivity contribution in [1.82, 2.24) is 0 Å². The summed E-state index contributed by atoms with van der Waals surface area (Å²) < 4.78 is 0. The van der Waals surface area contributed by atoms with Crippen molar-refractivity contribution in [3.8, 4) is 33.4 Å². The summed E-state index contributed by atoms with van der Waals surface area (Å²) in [4.78, 5) is 2.61. The van der Waals surface area contributed by atoms with E-state index in [1.54, 1.807) is 11.1 Å². The Morgan fingerprint density at radius 1 is 0.500 bits per heavy atom. The van der Waals surface area contributed by atoms with Crippen molar-refractivity contribution >= 4 is 17.1 Å². The fraction of sp³-hybridized carbons (Fsp3) is 0.368. The molecule has 1 nitrogen and oxygen atoms in total. The monoisotopic (exact) mass is 757 g/mol. The average molecular weight is 758 g/mol. The lowest BCUT2D eigenvalue weighted by Gasteiger charge is -2.44. The Hall–Kier alpha value is -4.88. The minimum Gasteiger partial charge on any atom is -0.310 e. The number of fused-ring (bicyclic) bond motifs is 4. The molecule has 292 valence electrons. The Balaban J connectivity index is 1.18. The van der Waals surface area contributed by atoms with Gasteiger partial charge in [0.2, 0.25) is 0 Å². The van der Waals surface area contributed by atoms with E-state index in [4.69, 9.17) is 0 Å². The molecule has 0 amide bonds. The van der Waals surface area contributed by atoms with E-state index < -0.39 is 0 Å². The summed E-state index contributed by atoms with van der Waals surface area (Å²) in [7, 11) is 0. The molecular formula is C57H59N. The van der Waals surface area contributed by atoms with E-state index in [1.165, 1.54) is 106 Å². The minimum atomic E-state index is 0.0738. The average Bonchev–Trinajstić information content (AvgIpc) is 3.77. The molecule has 0 aromatic heterocycles. The second-order valence-electron chi connectivity index (χ2n) is 21.3. The van der Waals surface area contributed by atoms with Crippen LogP contribution in [0.3, 0.4) is 0 Å². The van der Waals surface area contributed by atoms with Crippen LogP contribution in [0.15, 0.2) is 133 Å². The zero-order chi connectivity index (χ0) is 39.8. The fourth-order valence-electron chi connectivity index (χ4n) is 13.2. The van der Waals surface area contributed by atoms with E-state index in [2.05, 4.69) is 187 Å². The number of anilines is 3. The molecule has 1 spiro atoms. The van der Waals surface area contributed by atoms with Gasteiger partial charge in [0.15, 0.2) is 0 Å². The van der Waals surface area contributed by atoms with E-state index in [1.807, 2.05) is 0 Å². The lowest BCUT2D eigenvalue weighted by molar-refractivity contribution is 0.191. The summed E-state index contributed by atoms with van der Waals surface area (Å²) >= 11 is 0. The number of nitrogens with zero attached hydrogens (tertiary/aromatic N) is 1. The maximum atomic E-state index is 2.69. The molecule has 0 heterocycles. The normalized spacial score (nSPS) is 25.4. The van der Waals surface area contributed by atoms with Gasteiger partial charge in [0.1, 0.15) is 0 Å². The summed E-state index contributed by atoms with van der Waals surface area (Å²) in [5.74, 6) is 3.17.